The van der Waals surface area contributed by atoms with E-state index < -0.39 is 32.4 Å². The van der Waals surface area contributed by atoms with E-state index >= 15 is 0 Å². The van der Waals surface area contributed by atoms with E-state index in [2.05, 4.69) is 5.32 Å². The van der Waals surface area contributed by atoms with E-state index in [1.165, 1.54) is 31.2 Å². The van der Waals surface area contributed by atoms with E-state index in [1.807, 2.05) is 0 Å². The Morgan fingerprint density at radius 1 is 1.04 bits per heavy atom. The van der Waals surface area contributed by atoms with Crippen LogP contribution in [0.3, 0.4) is 0 Å². The molecule has 0 aromatic heterocycles. The summed E-state index contributed by atoms with van der Waals surface area (Å²) in [6.07, 6.45) is 0. The third kappa shape index (κ3) is 4.98. The second-order valence-corrected chi connectivity index (χ2v) is 7.32. The van der Waals surface area contributed by atoms with Crippen molar-refractivity contribution in [3.63, 3.8) is 0 Å². The maximum absolute atomic E-state index is 12.4. The van der Waals surface area contributed by atoms with E-state index in [1.54, 1.807) is 4.72 Å². The lowest BCUT2D eigenvalue weighted by molar-refractivity contribution is -0.117. The zero-order valence-corrected chi connectivity index (χ0v) is 15.7. The highest BCUT2D eigenvalue weighted by molar-refractivity contribution is 7.90. The third-order valence-electron chi connectivity index (χ3n) is 3.29. The van der Waals surface area contributed by atoms with Crippen LogP contribution in [0.4, 0.5) is 11.4 Å². The lowest BCUT2D eigenvalue weighted by Crippen LogP contribution is -2.28. The van der Waals surface area contributed by atoms with Gasteiger partial charge in [0, 0.05) is 19.5 Å². The summed E-state index contributed by atoms with van der Waals surface area (Å²) < 4.78 is 32.2. The predicted molar refractivity (Wildman–Crippen MR) is 99.6 cm³/mol. The first-order chi connectivity index (χ1) is 13.0. The Morgan fingerprint density at radius 3 is 2.14 bits per heavy atom. The highest BCUT2D eigenvalue weighted by atomic mass is 32.2. The molecule has 2 aromatic carbocycles. The van der Waals surface area contributed by atoms with Crippen LogP contribution in [0.15, 0.2) is 41.3 Å². The number of anilines is 2. The van der Waals surface area contributed by atoms with Crippen LogP contribution in [-0.2, 0) is 19.6 Å². The van der Waals surface area contributed by atoms with Crippen molar-refractivity contribution in [2.75, 3.05) is 11.1 Å². The van der Waals surface area contributed by atoms with Crippen LogP contribution >= 0.6 is 0 Å². The average Bonchev–Trinajstić information content (AvgIpc) is 2.56. The first kappa shape index (κ1) is 20.7. The van der Waals surface area contributed by atoms with Gasteiger partial charge in [0.1, 0.15) is 10.6 Å². The number of aromatic carboxylic acids is 1. The quantitative estimate of drug-likeness (QED) is 0.524. The molecule has 0 saturated heterocycles. The van der Waals surface area contributed by atoms with E-state index in [4.69, 9.17) is 15.6 Å². The number of benzene rings is 2. The Bertz CT molecular complexity index is 1050. The molecular formula is C17H17N3O7S. The fourth-order valence-corrected chi connectivity index (χ4v) is 3.40. The first-order valence-electron chi connectivity index (χ1n) is 7.75. The van der Waals surface area contributed by atoms with Crippen molar-refractivity contribution in [2.24, 2.45) is 0 Å². The van der Waals surface area contributed by atoms with Crippen LogP contribution in [0.2, 0.25) is 0 Å². The topological polar surface area (TPSA) is 165 Å². The molecule has 11 heteroatoms. The zero-order chi connectivity index (χ0) is 21.1. The van der Waals surface area contributed by atoms with Crippen molar-refractivity contribution >= 4 is 39.2 Å². The number of carboxylic acids is 1. The Balaban J connectivity index is 2.52. The van der Waals surface area contributed by atoms with Gasteiger partial charge in [-0.2, -0.15) is 0 Å². The number of carboxylic acid groups (broad SMARTS) is 1. The molecule has 0 aliphatic carbocycles. The van der Waals surface area contributed by atoms with Crippen LogP contribution in [0, 0.1) is 0 Å². The number of carbonyl (C=O) groups is 3. The Morgan fingerprint density at radius 2 is 1.64 bits per heavy atom. The van der Waals surface area contributed by atoms with Gasteiger partial charge >= 0.3 is 5.97 Å². The summed E-state index contributed by atoms with van der Waals surface area (Å²) in [7, 11) is -4.44. The smallest absolute Gasteiger partial charge is 0.335 e. The summed E-state index contributed by atoms with van der Waals surface area (Å²) in [4.78, 5) is 32.9. The molecule has 2 rings (SSSR count). The molecule has 2 amide bonds. The second kappa shape index (κ2) is 7.96. The molecule has 0 radical (unpaired) electrons. The lowest BCUT2D eigenvalue weighted by atomic mass is 10.2. The van der Waals surface area contributed by atoms with E-state index in [-0.39, 0.29) is 23.1 Å². The molecule has 0 atom stereocenters. The van der Waals surface area contributed by atoms with Crippen molar-refractivity contribution in [3.05, 3.63) is 42.0 Å². The largest absolute Gasteiger partial charge is 0.478 e. The van der Waals surface area contributed by atoms with Gasteiger partial charge in [-0.25, -0.2) is 17.9 Å². The van der Waals surface area contributed by atoms with Gasteiger partial charge < -0.3 is 20.9 Å². The summed E-state index contributed by atoms with van der Waals surface area (Å²) >= 11 is 0. The van der Waals surface area contributed by atoms with Crippen LogP contribution in [0.5, 0.6) is 11.5 Å². The van der Waals surface area contributed by atoms with Crippen molar-refractivity contribution in [1.29, 1.82) is 0 Å². The van der Waals surface area contributed by atoms with Crippen LogP contribution in [0.25, 0.3) is 0 Å². The van der Waals surface area contributed by atoms with Gasteiger partial charge in [-0.05, 0) is 36.4 Å². The number of nitrogens with one attached hydrogen (secondary N) is 2. The maximum Gasteiger partial charge on any atom is 0.335 e. The number of hydrogen-bond donors (Lipinski definition) is 4. The molecule has 0 spiro atoms. The molecule has 0 saturated carbocycles. The molecule has 0 heterocycles. The number of nitrogens with two attached hydrogens (primary N) is 1. The number of amides is 2. The molecule has 148 valence electrons. The normalized spacial score (nSPS) is 10.8. The average molecular weight is 407 g/mol. The monoisotopic (exact) mass is 407 g/mol. The maximum atomic E-state index is 12.4. The van der Waals surface area contributed by atoms with Crippen molar-refractivity contribution in [2.45, 2.75) is 18.7 Å². The summed E-state index contributed by atoms with van der Waals surface area (Å²) in [6, 6.07) is 7.80. The second-order valence-electron chi connectivity index (χ2n) is 5.67. The third-order valence-corrected chi connectivity index (χ3v) is 4.73. The van der Waals surface area contributed by atoms with E-state index in [0.717, 1.165) is 19.1 Å². The molecule has 2 aromatic rings. The Hall–Kier alpha value is -3.60. The molecule has 0 fully saturated rings. The molecule has 0 aliphatic heterocycles. The van der Waals surface area contributed by atoms with Gasteiger partial charge in [0.25, 0.3) is 10.0 Å². The minimum Gasteiger partial charge on any atom is -0.478 e. The number of nitrogen functional groups attached to an aromatic ring is 1. The number of ether oxygens (including phenoxy) is 1. The minimum absolute atomic E-state index is 0.170. The summed E-state index contributed by atoms with van der Waals surface area (Å²) in [5.74, 6) is -2.72. The summed E-state index contributed by atoms with van der Waals surface area (Å²) in [5, 5.41) is 11.7. The number of rotatable bonds is 6. The summed E-state index contributed by atoms with van der Waals surface area (Å²) in [5.41, 5.74) is 5.65. The van der Waals surface area contributed by atoms with E-state index in [0.29, 0.717) is 5.69 Å². The molecular weight excluding hydrogens is 390 g/mol. The number of sulfonamides is 1. The van der Waals surface area contributed by atoms with Crippen LogP contribution in [-0.4, -0.2) is 31.3 Å². The van der Waals surface area contributed by atoms with Gasteiger partial charge in [-0.15, -0.1) is 0 Å². The number of hydrogen-bond acceptors (Lipinski definition) is 7. The molecule has 0 bridgehead atoms. The van der Waals surface area contributed by atoms with Gasteiger partial charge in [0.15, 0.2) is 5.75 Å². The SMILES string of the molecule is CC(=O)Nc1ccc(Oc2c(N)cc(C(=O)O)cc2S(=O)(=O)NC(C)=O)cc1. The zero-order valence-electron chi connectivity index (χ0n) is 14.8. The van der Waals surface area contributed by atoms with Crippen molar-refractivity contribution in [1.82, 2.24) is 4.72 Å². The Labute approximate surface area is 160 Å². The molecule has 10 nitrogen and oxygen atoms in total. The first-order valence-corrected chi connectivity index (χ1v) is 9.23. The fraction of sp³-hybridized carbons (Fsp3) is 0.118. The molecule has 0 unspecified atom stereocenters. The van der Waals surface area contributed by atoms with Crippen LogP contribution in [0.1, 0.15) is 24.2 Å². The molecule has 0 aliphatic rings. The van der Waals surface area contributed by atoms with Crippen molar-refractivity contribution in [3.8, 4) is 11.5 Å². The van der Waals surface area contributed by atoms with Crippen molar-refractivity contribution < 1.29 is 32.6 Å². The lowest BCUT2D eigenvalue weighted by Gasteiger charge is -2.15. The van der Waals surface area contributed by atoms with Gasteiger partial charge in [0.05, 0.1) is 11.3 Å². The summed E-state index contributed by atoms with van der Waals surface area (Å²) in [6.45, 7) is 2.33. The predicted octanol–water partition coefficient (Wildman–Crippen LogP) is 1.54. The van der Waals surface area contributed by atoms with Gasteiger partial charge in [-0.3, -0.25) is 9.59 Å². The highest BCUT2D eigenvalue weighted by Gasteiger charge is 2.26. The van der Waals surface area contributed by atoms with Gasteiger partial charge in [-0.1, -0.05) is 0 Å². The number of carbonyl (C=O) groups excluding carboxylic acids is 2. The Kier molecular flexibility index (Phi) is 5.89. The highest BCUT2D eigenvalue weighted by Crippen LogP contribution is 2.36. The minimum atomic E-state index is -4.44. The van der Waals surface area contributed by atoms with E-state index in [9.17, 15) is 22.8 Å². The molecule has 28 heavy (non-hydrogen) atoms. The van der Waals surface area contributed by atoms with Crippen LogP contribution < -0.4 is 20.5 Å². The standard InChI is InChI=1S/C17H17N3O7S/c1-9(21)19-12-3-5-13(6-4-12)27-16-14(18)7-11(17(23)24)8-15(16)28(25,26)20-10(2)22/h3-8H,18H2,1-2H3,(H,19,21)(H,20,22)(H,23,24). The van der Waals surface area contributed by atoms with Gasteiger partial charge in [0.2, 0.25) is 11.8 Å². The molecule has 5 N–H and O–H groups in total. The fourth-order valence-electron chi connectivity index (χ4n) is 2.23.